The van der Waals surface area contributed by atoms with Gasteiger partial charge in [-0.1, -0.05) is 37.6 Å². The van der Waals surface area contributed by atoms with Gasteiger partial charge in [0.05, 0.1) is 12.0 Å². The van der Waals surface area contributed by atoms with Crippen LogP contribution in [0.2, 0.25) is 0 Å². The Balaban J connectivity index is 2.03. The fraction of sp³-hybridized carbons (Fsp3) is 0.333. The van der Waals surface area contributed by atoms with Gasteiger partial charge in [0, 0.05) is 6.54 Å². The summed E-state index contributed by atoms with van der Waals surface area (Å²) in [6.07, 6.45) is 3.22. The SMILES string of the molecule is CCCCc1ccc(S(=O)(=O)NCc2cccc(OC)c2)cc1. The summed E-state index contributed by atoms with van der Waals surface area (Å²) in [5, 5.41) is 0. The van der Waals surface area contributed by atoms with Gasteiger partial charge in [-0.3, -0.25) is 0 Å². The molecule has 0 unspecified atom stereocenters. The van der Waals surface area contributed by atoms with E-state index < -0.39 is 10.0 Å². The predicted molar refractivity (Wildman–Crippen MR) is 92.1 cm³/mol. The summed E-state index contributed by atoms with van der Waals surface area (Å²) in [6, 6.07) is 14.4. The lowest BCUT2D eigenvalue weighted by molar-refractivity contribution is 0.414. The highest BCUT2D eigenvalue weighted by molar-refractivity contribution is 7.89. The Labute approximate surface area is 138 Å². The van der Waals surface area contributed by atoms with Gasteiger partial charge < -0.3 is 4.74 Å². The molecule has 124 valence electrons. The van der Waals surface area contributed by atoms with Crippen molar-refractivity contribution < 1.29 is 13.2 Å². The number of aryl methyl sites for hydroxylation is 1. The lowest BCUT2D eigenvalue weighted by Crippen LogP contribution is -2.23. The normalized spacial score (nSPS) is 11.4. The minimum Gasteiger partial charge on any atom is -0.497 e. The second kappa shape index (κ2) is 8.13. The Morgan fingerprint density at radius 2 is 1.78 bits per heavy atom. The molecular formula is C18H23NO3S. The van der Waals surface area contributed by atoms with Gasteiger partial charge in [0.25, 0.3) is 0 Å². The Morgan fingerprint density at radius 1 is 1.04 bits per heavy atom. The van der Waals surface area contributed by atoms with Gasteiger partial charge in [-0.25, -0.2) is 13.1 Å². The quantitative estimate of drug-likeness (QED) is 0.804. The van der Waals surface area contributed by atoms with Crippen molar-refractivity contribution in [3.8, 4) is 5.75 Å². The van der Waals surface area contributed by atoms with Crippen LogP contribution in [0, 0.1) is 0 Å². The zero-order chi connectivity index (χ0) is 16.7. The Bertz CT molecular complexity index is 724. The van der Waals surface area contributed by atoms with E-state index in [2.05, 4.69) is 11.6 Å². The molecule has 0 spiro atoms. The van der Waals surface area contributed by atoms with Crippen LogP contribution in [0.1, 0.15) is 30.9 Å². The topological polar surface area (TPSA) is 55.4 Å². The molecule has 0 saturated carbocycles. The molecule has 0 heterocycles. The maximum atomic E-state index is 12.3. The highest BCUT2D eigenvalue weighted by Crippen LogP contribution is 2.15. The minimum absolute atomic E-state index is 0.233. The Hall–Kier alpha value is -1.85. The summed E-state index contributed by atoms with van der Waals surface area (Å²) < 4.78 is 32.4. The van der Waals surface area contributed by atoms with Gasteiger partial charge in [0.2, 0.25) is 10.0 Å². The van der Waals surface area contributed by atoms with Crippen LogP contribution in [0.4, 0.5) is 0 Å². The van der Waals surface area contributed by atoms with Crippen LogP contribution in [0.5, 0.6) is 5.75 Å². The number of hydrogen-bond acceptors (Lipinski definition) is 3. The van der Waals surface area contributed by atoms with Crippen molar-refractivity contribution in [1.82, 2.24) is 4.72 Å². The van der Waals surface area contributed by atoms with Crippen molar-refractivity contribution in [3.63, 3.8) is 0 Å². The maximum Gasteiger partial charge on any atom is 0.240 e. The number of rotatable bonds is 8. The molecule has 23 heavy (non-hydrogen) atoms. The molecule has 2 rings (SSSR count). The van der Waals surface area contributed by atoms with E-state index in [-0.39, 0.29) is 6.54 Å². The number of benzene rings is 2. The van der Waals surface area contributed by atoms with Crippen molar-refractivity contribution in [2.45, 2.75) is 37.6 Å². The lowest BCUT2D eigenvalue weighted by Gasteiger charge is -2.09. The molecule has 0 fully saturated rings. The first-order chi connectivity index (χ1) is 11.0. The van der Waals surface area contributed by atoms with Crippen LogP contribution in [0.15, 0.2) is 53.4 Å². The van der Waals surface area contributed by atoms with E-state index >= 15 is 0 Å². The van der Waals surface area contributed by atoms with E-state index in [1.807, 2.05) is 36.4 Å². The third-order valence-electron chi connectivity index (χ3n) is 3.65. The van der Waals surface area contributed by atoms with E-state index in [0.717, 1.165) is 24.8 Å². The summed E-state index contributed by atoms with van der Waals surface area (Å²) in [6.45, 7) is 2.37. The molecule has 0 bridgehead atoms. The summed E-state index contributed by atoms with van der Waals surface area (Å²) in [7, 11) is -1.92. The van der Waals surface area contributed by atoms with Gasteiger partial charge >= 0.3 is 0 Å². The number of hydrogen-bond donors (Lipinski definition) is 1. The highest BCUT2D eigenvalue weighted by Gasteiger charge is 2.13. The van der Waals surface area contributed by atoms with E-state index in [4.69, 9.17) is 4.74 Å². The van der Waals surface area contributed by atoms with Crippen molar-refractivity contribution >= 4 is 10.0 Å². The van der Waals surface area contributed by atoms with Crippen molar-refractivity contribution in [2.75, 3.05) is 7.11 Å². The lowest BCUT2D eigenvalue weighted by atomic mass is 10.1. The van der Waals surface area contributed by atoms with E-state index in [0.29, 0.717) is 10.6 Å². The van der Waals surface area contributed by atoms with E-state index in [1.165, 1.54) is 5.56 Å². The first-order valence-electron chi connectivity index (χ1n) is 7.76. The van der Waals surface area contributed by atoms with E-state index in [1.54, 1.807) is 19.2 Å². The van der Waals surface area contributed by atoms with Crippen LogP contribution >= 0.6 is 0 Å². The van der Waals surface area contributed by atoms with Crippen LogP contribution in [0.3, 0.4) is 0 Å². The van der Waals surface area contributed by atoms with Gasteiger partial charge in [0.15, 0.2) is 0 Å². The van der Waals surface area contributed by atoms with Crippen LogP contribution in [-0.4, -0.2) is 15.5 Å². The van der Waals surface area contributed by atoms with Gasteiger partial charge in [-0.05, 0) is 48.2 Å². The molecule has 2 aromatic rings. The Morgan fingerprint density at radius 3 is 2.43 bits per heavy atom. The predicted octanol–water partition coefficient (Wildman–Crippen LogP) is 3.52. The number of sulfonamides is 1. The number of ether oxygens (including phenoxy) is 1. The summed E-state index contributed by atoms with van der Waals surface area (Å²) in [5.41, 5.74) is 2.02. The first-order valence-corrected chi connectivity index (χ1v) is 9.25. The Kier molecular flexibility index (Phi) is 6.19. The largest absolute Gasteiger partial charge is 0.497 e. The summed E-state index contributed by atoms with van der Waals surface area (Å²) in [4.78, 5) is 0.292. The monoisotopic (exact) mass is 333 g/mol. The van der Waals surface area contributed by atoms with Crippen LogP contribution in [-0.2, 0) is 23.0 Å². The minimum atomic E-state index is -3.51. The first kappa shape index (κ1) is 17.5. The smallest absolute Gasteiger partial charge is 0.240 e. The van der Waals surface area contributed by atoms with E-state index in [9.17, 15) is 8.42 Å². The third-order valence-corrected chi connectivity index (χ3v) is 5.07. The van der Waals surface area contributed by atoms with Crippen LogP contribution < -0.4 is 9.46 Å². The second-order valence-electron chi connectivity index (χ2n) is 5.42. The highest BCUT2D eigenvalue weighted by atomic mass is 32.2. The molecule has 0 radical (unpaired) electrons. The maximum absolute atomic E-state index is 12.3. The zero-order valence-corrected chi connectivity index (χ0v) is 14.4. The molecule has 0 saturated heterocycles. The summed E-state index contributed by atoms with van der Waals surface area (Å²) >= 11 is 0. The molecular weight excluding hydrogens is 310 g/mol. The summed E-state index contributed by atoms with van der Waals surface area (Å²) in [5.74, 6) is 0.710. The molecule has 4 nitrogen and oxygen atoms in total. The standard InChI is InChI=1S/C18H23NO3S/c1-3-4-6-15-9-11-18(12-10-15)23(20,21)19-14-16-7-5-8-17(13-16)22-2/h5,7-13,19H,3-4,6,14H2,1-2H3. The van der Waals surface area contributed by atoms with Crippen molar-refractivity contribution in [3.05, 3.63) is 59.7 Å². The average Bonchev–Trinajstić information content (AvgIpc) is 2.59. The molecule has 0 aliphatic carbocycles. The molecule has 0 aliphatic rings. The van der Waals surface area contributed by atoms with Crippen molar-refractivity contribution in [2.24, 2.45) is 0 Å². The average molecular weight is 333 g/mol. The van der Waals surface area contributed by atoms with Crippen molar-refractivity contribution in [1.29, 1.82) is 0 Å². The number of methoxy groups -OCH3 is 1. The molecule has 1 N–H and O–H groups in total. The fourth-order valence-electron chi connectivity index (χ4n) is 2.26. The zero-order valence-electron chi connectivity index (χ0n) is 13.6. The third kappa shape index (κ3) is 5.08. The van der Waals surface area contributed by atoms with Gasteiger partial charge in [-0.15, -0.1) is 0 Å². The molecule has 0 amide bonds. The molecule has 0 aliphatic heterocycles. The molecule has 0 aromatic heterocycles. The van der Waals surface area contributed by atoms with Crippen LogP contribution in [0.25, 0.3) is 0 Å². The number of unbranched alkanes of at least 4 members (excludes halogenated alkanes) is 1. The van der Waals surface area contributed by atoms with Gasteiger partial charge in [-0.2, -0.15) is 0 Å². The van der Waals surface area contributed by atoms with Gasteiger partial charge in [0.1, 0.15) is 5.75 Å². The second-order valence-corrected chi connectivity index (χ2v) is 7.19. The molecule has 5 heteroatoms. The molecule has 2 aromatic carbocycles. The number of nitrogens with one attached hydrogen (secondary N) is 1. The molecule has 0 atom stereocenters. The fourth-order valence-corrected chi connectivity index (χ4v) is 3.28.